The van der Waals surface area contributed by atoms with Crippen LogP contribution in [0.1, 0.15) is 31.9 Å². The first-order chi connectivity index (χ1) is 12.2. The van der Waals surface area contributed by atoms with Crippen LogP contribution in [0.15, 0.2) is 30.3 Å². The van der Waals surface area contributed by atoms with Crippen LogP contribution in [0.5, 0.6) is 0 Å². The molecular formula is C20H16F3NO2. The van der Waals surface area contributed by atoms with Gasteiger partial charge in [-0.1, -0.05) is 0 Å². The van der Waals surface area contributed by atoms with E-state index in [0.717, 1.165) is 10.6 Å². The molecule has 0 spiro atoms. The third kappa shape index (κ3) is 2.48. The Morgan fingerprint density at radius 2 is 1.81 bits per heavy atom. The van der Waals surface area contributed by atoms with E-state index < -0.39 is 29.1 Å². The van der Waals surface area contributed by atoms with Crippen LogP contribution >= 0.6 is 0 Å². The topological polar surface area (TPSA) is 31.2 Å². The van der Waals surface area contributed by atoms with Crippen LogP contribution < -0.4 is 0 Å². The van der Waals surface area contributed by atoms with Crippen molar-refractivity contribution in [3.05, 3.63) is 58.9 Å². The summed E-state index contributed by atoms with van der Waals surface area (Å²) >= 11 is 0. The van der Waals surface area contributed by atoms with Gasteiger partial charge < -0.3 is 4.74 Å². The Morgan fingerprint density at radius 1 is 1.08 bits per heavy atom. The molecule has 1 aliphatic rings. The van der Waals surface area contributed by atoms with Crippen LogP contribution in [0.4, 0.5) is 18.0 Å². The number of carbonyl (C=O) groups is 1. The fourth-order valence-electron chi connectivity index (χ4n) is 3.48. The minimum Gasteiger partial charge on any atom is -0.443 e. The van der Waals surface area contributed by atoms with E-state index in [4.69, 9.17) is 4.74 Å². The van der Waals surface area contributed by atoms with E-state index in [1.165, 1.54) is 18.2 Å². The van der Waals surface area contributed by atoms with Gasteiger partial charge in [-0.15, -0.1) is 0 Å². The van der Waals surface area contributed by atoms with E-state index in [1.54, 1.807) is 26.8 Å². The number of halogens is 3. The van der Waals surface area contributed by atoms with Crippen LogP contribution in [0.3, 0.4) is 0 Å². The Bertz CT molecular complexity index is 1080. The molecule has 4 rings (SSSR count). The van der Waals surface area contributed by atoms with Crippen molar-refractivity contribution < 1.29 is 22.7 Å². The average molecular weight is 359 g/mol. The van der Waals surface area contributed by atoms with Crippen LogP contribution in [0.2, 0.25) is 0 Å². The van der Waals surface area contributed by atoms with E-state index >= 15 is 0 Å². The zero-order chi connectivity index (χ0) is 18.8. The molecule has 0 atom stereocenters. The Morgan fingerprint density at radius 3 is 2.50 bits per heavy atom. The maximum absolute atomic E-state index is 14.6. The highest BCUT2D eigenvalue weighted by molar-refractivity contribution is 6.02. The van der Waals surface area contributed by atoms with E-state index in [-0.39, 0.29) is 11.9 Å². The first kappa shape index (κ1) is 16.7. The van der Waals surface area contributed by atoms with Gasteiger partial charge in [-0.2, -0.15) is 0 Å². The van der Waals surface area contributed by atoms with E-state index in [9.17, 15) is 18.0 Å². The smallest absolute Gasteiger partial charge is 0.419 e. The van der Waals surface area contributed by atoms with Crippen molar-refractivity contribution in [2.45, 2.75) is 32.8 Å². The number of hydrogen-bond acceptors (Lipinski definition) is 2. The van der Waals surface area contributed by atoms with Crippen molar-refractivity contribution >= 4 is 17.0 Å². The average Bonchev–Trinajstić information content (AvgIpc) is 3.00. The van der Waals surface area contributed by atoms with Crippen LogP contribution in [-0.4, -0.2) is 16.3 Å². The fraction of sp³-hybridized carbons (Fsp3) is 0.250. The molecule has 0 bridgehead atoms. The molecule has 0 fully saturated rings. The summed E-state index contributed by atoms with van der Waals surface area (Å²) in [6.07, 6.45) is -0.469. The Kier molecular flexibility index (Phi) is 3.45. The molecule has 0 unspecified atom stereocenters. The predicted octanol–water partition coefficient (Wildman–Crippen LogP) is 5.41. The highest BCUT2D eigenvalue weighted by atomic mass is 19.1. The molecule has 0 radical (unpaired) electrons. The minimum atomic E-state index is -0.844. The lowest BCUT2D eigenvalue weighted by atomic mass is 10.1. The third-order valence-electron chi connectivity index (χ3n) is 4.35. The van der Waals surface area contributed by atoms with Crippen molar-refractivity contribution in [3.63, 3.8) is 0 Å². The maximum atomic E-state index is 14.6. The zero-order valence-electron chi connectivity index (χ0n) is 14.5. The number of aromatic nitrogens is 1. The van der Waals surface area contributed by atoms with E-state index in [1.807, 2.05) is 0 Å². The second-order valence-electron chi connectivity index (χ2n) is 7.40. The van der Waals surface area contributed by atoms with Gasteiger partial charge in [0, 0.05) is 23.4 Å². The predicted molar refractivity (Wildman–Crippen MR) is 91.7 cm³/mol. The molecule has 3 nitrogen and oxygen atoms in total. The van der Waals surface area contributed by atoms with Gasteiger partial charge in [-0.05, 0) is 56.2 Å². The lowest BCUT2D eigenvalue weighted by Crippen LogP contribution is -2.27. The van der Waals surface area contributed by atoms with Crippen molar-refractivity contribution in [2.24, 2.45) is 0 Å². The van der Waals surface area contributed by atoms with Crippen LogP contribution in [-0.2, 0) is 11.2 Å². The Labute approximate surface area is 148 Å². The number of carbonyl (C=O) groups excluding carboxylic acids is 1. The standard InChI is InChI=1S/C20H16F3NO2/c1-20(2,3)26-19(25)24-17-13-5-4-11(21)6-10(13)7-14(17)15-8-12(22)9-16(23)18(15)24/h4-6,8-9H,7H2,1-3H3. The summed E-state index contributed by atoms with van der Waals surface area (Å²) in [7, 11) is 0. The second kappa shape index (κ2) is 5.37. The van der Waals surface area contributed by atoms with Crippen molar-refractivity contribution in [2.75, 3.05) is 0 Å². The lowest BCUT2D eigenvalue weighted by Gasteiger charge is -2.21. The number of rotatable bonds is 0. The molecule has 0 saturated heterocycles. The molecule has 26 heavy (non-hydrogen) atoms. The van der Waals surface area contributed by atoms with Gasteiger partial charge >= 0.3 is 6.09 Å². The number of nitrogens with zero attached hydrogens (tertiary/aromatic N) is 1. The van der Waals surface area contributed by atoms with Crippen LogP contribution in [0.25, 0.3) is 22.2 Å². The largest absolute Gasteiger partial charge is 0.443 e. The number of benzene rings is 2. The molecule has 1 heterocycles. The van der Waals surface area contributed by atoms with Gasteiger partial charge in [-0.25, -0.2) is 22.5 Å². The van der Waals surface area contributed by atoms with Gasteiger partial charge in [0.05, 0.1) is 11.2 Å². The molecule has 0 N–H and O–H groups in total. The fourth-order valence-corrected chi connectivity index (χ4v) is 3.48. The normalized spacial score (nSPS) is 13.0. The molecule has 6 heteroatoms. The summed E-state index contributed by atoms with van der Waals surface area (Å²) in [4.78, 5) is 12.8. The molecular weight excluding hydrogens is 343 g/mol. The molecule has 1 aromatic heterocycles. The first-order valence-corrected chi connectivity index (χ1v) is 8.20. The highest BCUT2D eigenvalue weighted by Crippen LogP contribution is 2.44. The SMILES string of the molecule is CC(C)(C)OC(=O)n1c2c(c3cc(F)cc(F)c31)Cc1cc(F)ccc1-2. The quantitative estimate of drug-likeness (QED) is 0.420. The molecule has 0 saturated carbocycles. The summed E-state index contributed by atoms with van der Waals surface area (Å²) in [5.41, 5.74) is 1.47. The maximum Gasteiger partial charge on any atom is 0.419 e. The molecule has 2 aromatic carbocycles. The van der Waals surface area contributed by atoms with Gasteiger partial charge in [0.15, 0.2) is 5.82 Å². The van der Waals surface area contributed by atoms with Gasteiger partial charge in [0.1, 0.15) is 17.2 Å². The second-order valence-corrected chi connectivity index (χ2v) is 7.40. The highest BCUT2D eigenvalue weighted by Gasteiger charge is 2.33. The molecule has 3 aromatic rings. The molecule has 0 aliphatic heterocycles. The summed E-state index contributed by atoms with van der Waals surface area (Å²) in [6.45, 7) is 5.11. The summed E-state index contributed by atoms with van der Waals surface area (Å²) in [6, 6.07) is 6.13. The van der Waals surface area contributed by atoms with Crippen molar-refractivity contribution in [3.8, 4) is 11.3 Å². The third-order valence-corrected chi connectivity index (χ3v) is 4.35. The number of fused-ring (bicyclic) bond motifs is 5. The number of ether oxygens (including phenoxy) is 1. The Hall–Kier alpha value is -2.76. The monoisotopic (exact) mass is 359 g/mol. The number of hydrogen-bond donors (Lipinski definition) is 0. The van der Waals surface area contributed by atoms with Gasteiger partial charge in [0.2, 0.25) is 0 Å². The van der Waals surface area contributed by atoms with Crippen molar-refractivity contribution in [1.29, 1.82) is 0 Å². The molecule has 1 aliphatic carbocycles. The summed E-state index contributed by atoms with van der Waals surface area (Å²) in [5, 5.41) is 0.292. The van der Waals surface area contributed by atoms with Gasteiger partial charge in [0.25, 0.3) is 0 Å². The molecule has 134 valence electrons. The summed E-state index contributed by atoms with van der Waals surface area (Å²) in [5.74, 6) is -1.98. The minimum absolute atomic E-state index is 0.0272. The van der Waals surface area contributed by atoms with Gasteiger partial charge in [-0.3, -0.25) is 0 Å². The van der Waals surface area contributed by atoms with Crippen LogP contribution in [0, 0.1) is 17.5 Å². The first-order valence-electron chi connectivity index (χ1n) is 8.20. The lowest BCUT2D eigenvalue weighted by molar-refractivity contribution is 0.0546. The van der Waals surface area contributed by atoms with Crippen molar-refractivity contribution in [1.82, 2.24) is 4.57 Å². The van der Waals surface area contributed by atoms with E-state index in [0.29, 0.717) is 27.8 Å². The summed E-state index contributed by atoms with van der Waals surface area (Å²) < 4.78 is 48.5. The Balaban J connectivity index is 2.06. The molecule has 0 amide bonds. The van der Waals surface area contributed by atoms with E-state index in [2.05, 4.69) is 0 Å². The zero-order valence-corrected chi connectivity index (χ0v) is 14.5.